The van der Waals surface area contributed by atoms with Crippen LogP contribution in [-0.2, 0) is 26.0 Å². The Kier molecular flexibility index (Phi) is 8.43. The van der Waals surface area contributed by atoms with Gasteiger partial charge in [0.2, 0.25) is 15.9 Å². The molecule has 35 heavy (non-hydrogen) atoms. The smallest absolute Gasteiger partial charge is 0.338 e. The number of aryl methyl sites for hydroxylation is 3. The number of esters is 1. The highest BCUT2D eigenvalue weighted by Crippen LogP contribution is 2.22. The van der Waals surface area contributed by atoms with Crippen LogP contribution in [0.4, 0.5) is 5.69 Å². The third-order valence-corrected chi connectivity index (χ3v) is 7.21. The van der Waals surface area contributed by atoms with Crippen molar-refractivity contribution in [3.63, 3.8) is 0 Å². The van der Waals surface area contributed by atoms with Gasteiger partial charge in [-0.15, -0.1) is 0 Å². The zero-order chi connectivity index (χ0) is 25.6. The van der Waals surface area contributed by atoms with Crippen LogP contribution in [0.2, 0.25) is 0 Å². The molecule has 2 N–H and O–H groups in total. The molecular weight excluding hydrogens is 464 g/mol. The lowest BCUT2D eigenvalue weighted by molar-refractivity contribution is -0.117. The molecule has 0 aromatic heterocycles. The summed E-state index contributed by atoms with van der Waals surface area (Å²) in [7, 11) is -3.99. The van der Waals surface area contributed by atoms with E-state index in [0.717, 1.165) is 11.1 Å². The first-order valence-electron chi connectivity index (χ1n) is 11.3. The number of carbonyl (C=O) groups is 2. The second-order valence-electron chi connectivity index (χ2n) is 8.38. The van der Waals surface area contributed by atoms with Gasteiger partial charge in [0.25, 0.3) is 0 Å². The Morgan fingerprint density at radius 3 is 2.09 bits per heavy atom. The number of hydrogen-bond acceptors (Lipinski definition) is 5. The van der Waals surface area contributed by atoms with Gasteiger partial charge in [-0.3, -0.25) is 4.79 Å². The van der Waals surface area contributed by atoms with Gasteiger partial charge >= 0.3 is 5.97 Å². The summed E-state index contributed by atoms with van der Waals surface area (Å²) in [5.74, 6) is -0.965. The SMILES string of the molecule is CCOC(=O)c1ccc(NC(=O)[C@H](Cc2ccccc2)NS(=O)(=O)c2c(C)cc(C)cc2C)cc1. The molecule has 3 aromatic carbocycles. The molecule has 0 spiro atoms. The summed E-state index contributed by atoms with van der Waals surface area (Å²) < 4.78 is 34.3. The summed E-state index contributed by atoms with van der Waals surface area (Å²) in [5.41, 5.74) is 3.79. The molecule has 3 rings (SSSR count). The van der Waals surface area contributed by atoms with Crippen molar-refractivity contribution in [2.24, 2.45) is 0 Å². The average molecular weight is 495 g/mol. The van der Waals surface area contributed by atoms with E-state index in [2.05, 4.69) is 10.0 Å². The Morgan fingerprint density at radius 1 is 0.914 bits per heavy atom. The van der Waals surface area contributed by atoms with Crippen LogP contribution in [0.25, 0.3) is 0 Å². The first-order valence-corrected chi connectivity index (χ1v) is 12.8. The van der Waals surface area contributed by atoms with Crippen LogP contribution in [0.5, 0.6) is 0 Å². The van der Waals surface area contributed by atoms with Crippen molar-refractivity contribution in [3.05, 3.63) is 94.5 Å². The lowest BCUT2D eigenvalue weighted by Gasteiger charge is -2.21. The number of benzene rings is 3. The Hall–Kier alpha value is -3.49. The first-order chi connectivity index (χ1) is 16.6. The summed E-state index contributed by atoms with van der Waals surface area (Å²) in [6, 6.07) is 18.0. The Morgan fingerprint density at radius 2 is 1.51 bits per heavy atom. The fraction of sp³-hybridized carbons (Fsp3) is 0.259. The summed E-state index contributed by atoms with van der Waals surface area (Å²) in [4.78, 5) is 25.3. The van der Waals surface area contributed by atoms with Crippen molar-refractivity contribution in [3.8, 4) is 0 Å². The number of hydrogen-bond donors (Lipinski definition) is 2. The standard InChI is InChI=1S/C27H30N2O5S/c1-5-34-27(31)22-11-13-23(14-12-22)28-26(30)24(17-21-9-7-6-8-10-21)29-35(32,33)25-19(3)15-18(2)16-20(25)4/h6-16,24,29H,5,17H2,1-4H3,(H,28,30)/t24-/m0/s1. The molecule has 0 aliphatic heterocycles. The molecule has 3 aromatic rings. The van der Waals surface area contributed by atoms with Crippen molar-refractivity contribution in [1.82, 2.24) is 4.72 Å². The van der Waals surface area contributed by atoms with Crippen LogP contribution >= 0.6 is 0 Å². The molecule has 184 valence electrons. The van der Waals surface area contributed by atoms with Crippen LogP contribution in [0.3, 0.4) is 0 Å². The minimum atomic E-state index is -3.99. The second kappa shape index (κ2) is 11.3. The molecule has 0 heterocycles. The normalized spacial score (nSPS) is 12.1. The van der Waals surface area contributed by atoms with E-state index in [9.17, 15) is 18.0 Å². The molecule has 7 nitrogen and oxygen atoms in total. The number of amides is 1. The summed E-state index contributed by atoms with van der Waals surface area (Å²) in [6.07, 6.45) is 0.163. The molecule has 0 bridgehead atoms. The van der Waals surface area contributed by atoms with Crippen LogP contribution in [0.15, 0.2) is 71.6 Å². The van der Waals surface area contributed by atoms with Crippen LogP contribution in [-0.4, -0.2) is 32.9 Å². The first kappa shape index (κ1) is 26.1. The minimum Gasteiger partial charge on any atom is -0.462 e. The van der Waals surface area contributed by atoms with Crippen molar-refractivity contribution >= 4 is 27.6 Å². The number of carbonyl (C=O) groups excluding carboxylic acids is 2. The van der Waals surface area contributed by atoms with Crippen molar-refractivity contribution < 1.29 is 22.7 Å². The maximum Gasteiger partial charge on any atom is 0.338 e. The summed E-state index contributed by atoms with van der Waals surface area (Å²) in [5, 5.41) is 2.75. The van der Waals surface area contributed by atoms with Gasteiger partial charge in [-0.25, -0.2) is 13.2 Å². The van der Waals surface area contributed by atoms with E-state index < -0.39 is 27.9 Å². The lowest BCUT2D eigenvalue weighted by Crippen LogP contribution is -2.45. The topological polar surface area (TPSA) is 102 Å². The van der Waals surface area contributed by atoms with Gasteiger partial charge in [0.1, 0.15) is 6.04 Å². The van der Waals surface area contributed by atoms with E-state index in [1.165, 1.54) is 0 Å². The molecule has 0 unspecified atom stereocenters. The summed E-state index contributed by atoms with van der Waals surface area (Å²) in [6.45, 7) is 7.37. The maximum atomic E-state index is 13.4. The highest BCUT2D eigenvalue weighted by Gasteiger charge is 2.28. The Bertz CT molecular complexity index is 1280. The van der Waals surface area contributed by atoms with E-state index in [4.69, 9.17) is 4.74 Å². The fourth-order valence-corrected chi connectivity index (χ4v) is 5.66. The van der Waals surface area contributed by atoms with Gasteiger partial charge in [0.05, 0.1) is 17.1 Å². The van der Waals surface area contributed by atoms with E-state index >= 15 is 0 Å². The second-order valence-corrected chi connectivity index (χ2v) is 10.0. The third kappa shape index (κ3) is 6.77. The lowest BCUT2D eigenvalue weighted by atomic mass is 10.1. The van der Waals surface area contributed by atoms with Gasteiger partial charge in [-0.2, -0.15) is 4.72 Å². The largest absolute Gasteiger partial charge is 0.462 e. The van der Waals surface area contributed by atoms with Crippen molar-refractivity contribution in [2.75, 3.05) is 11.9 Å². The quantitative estimate of drug-likeness (QED) is 0.432. The molecule has 0 radical (unpaired) electrons. The van der Waals surface area contributed by atoms with E-state index in [0.29, 0.717) is 22.4 Å². The number of sulfonamides is 1. The van der Waals surface area contributed by atoms with E-state index in [1.807, 2.05) is 37.3 Å². The van der Waals surface area contributed by atoms with Crippen molar-refractivity contribution in [1.29, 1.82) is 0 Å². The molecule has 8 heteroatoms. The Balaban J connectivity index is 1.87. The molecule has 0 fully saturated rings. The average Bonchev–Trinajstić information content (AvgIpc) is 2.79. The zero-order valence-corrected chi connectivity index (χ0v) is 21.1. The molecule has 0 saturated heterocycles. The van der Waals surface area contributed by atoms with Gasteiger partial charge in [0, 0.05) is 5.69 Å². The predicted molar refractivity (Wildman–Crippen MR) is 136 cm³/mol. The molecule has 1 atom stereocenters. The minimum absolute atomic E-state index is 0.163. The highest BCUT2D eigenvalue weighted by molar-refractivity contribution is 7.89. The van der Waals surface area contributed by atoms with Crippen LogP contribution in [0.1, 0.15) is 39.5 Å². The molecule has 0 aliphatic rings. The molecule has 0 saturated carbocycles. The highest BCUT2D eigenvalue weighted by atomic mass is 32.2. The number of anilines is 1. The summed E-state index contributed by atoms with van der Waals surface area (Å²) >= 11 is 0. The van der Waals surface area contributed by atoms with Crippen molar-refractivity contribution in [2.45, 2.75) is 45.1 Å². The van der Waals surface area contributed by atoms with E-state index in [-0.39, 0.29) is 17.9 Å². The zero-order valence-electron chi connectivity index (χ0n) is 20.3. The van der Waals surface area contributed by atoms with E-state index in [1.54, 1.807) is 57.2 Å². The fourth-order valence-electron chi connectivity index (χ4n) is 4.01. The maximum absolute atomic E-state index is 13.4. The van der Waals surface area contributed by atoms with Gasteiger partial charge in [-0.05, 0) is 75.1 Å². The van der Waals surface area contributed by atoms with Gasteiger partial charge < -0.3 is 10.1 Å². The van der Waals surface area contributed by atoms with Gasteiger partial charge in [-0.1, -0.05) is 48.0 Å². The number of nitrogens with one attached hydrogen (secondary N) is 2. The number of rotatable bonds is 9. The third-order valence-electron chi connectivity index (χ3n) is 5.43. The van der Waals surface area contributed by atoms with Crippen LogP contribution < -0.4 is 10.0 Å². The number of ether oxygens (including phenoxy) is 1. The monoisotopic (exact) mass is 494 g/mol. The van der Waals surface area contributed by atoms with Gasteiger partial charge in [0.15, 0.2) is 0 Å². The van der Waals surface area contributed by atoms with Crippen LogP contribution in [0, 0.1) is 20.8 Å². The molecular formula is C27H30N2O5S. The Labute approximate surface area is 206 Å². The molecule has 0 aliphatic carbocycles. The molecule has 1 amide bonds. The predicted octanol–water partition coefficient (Wildman–Crippen LogP) is 4.32.